The number of rotatable bonds is 5. The minimum Gasteiger partial charge on any atom is -0.356 e. The minimum atomic E-state index is -0.139. The van der Waals surface area contributed by atoms with Crippen molar-refractivity contribution in [2.45, 2.75) is 38.6 Å². The molecule has 2 aliphatic rings. The first-order valence-corrected chi connectivity index (χ1v) is 9.51. The standard InChI is InChI=1S/C19H23N3O2S/c23-17(20-11-14-10-12-5-6-13(14)9-12)7-8-22-18(24)15-3-1-2-4-16(15)21-19(22)25/h1-4,12-14H,5-11H2,(H,20,23)(H,21,25)/t12-,13-,14+/m0/s1. The van der Waals surface area contributed by atoms with Crippen LogP contribution in [-0.2, 0) is 11.3 Å². The van der Waals surface area contributed by atoms with Gasteiger partial charge >= 0.3 is 0 Å². The van der Waals surface area contributed by atoms with E-state index in [0.29, 0.717) is 22.6 Å². The van der Waals surface area contributed by atoms with Crippen LogP contribution in [0.25, 0.3) is 10.9 Å². The quantitative estimate of drug-likeness (QED) is 0.809. The van der Waals surface area contributed by atoms with Crippen LogP contribution in [0, 0.1) is 22.5 Å². The van der Waals surface area contributed by atoms with Gasteiger partial charge in [-0.3, -0.25) is 14.2 Å². The molecule has 1 amide bonds. The van der Waals surface area contributed by atoms with Crippen molar-refractivity contribution in [3.05, 3.63) is 39.4 Å². The van der Waals surface area contributed by atoms with Crippen molar-refractivity contribution in [2.24, 2.45) is 17.8 Å². The highest BCUT2D eigenvalue weighted by Gasteiger charge is 2.39. The van der Waals surface area contributed by atoms with E-state index in [-0.39, 0.29) is 17.9 Å². The first-order chi connectivity index (χ1) is 12.1. The molecule has 2 fully saturated rings. The highest BCUT2D eigenvalue weighted by molar-refractivity contribution is 7.71. The Morgan fingerprint density at radius 3 is 2.88 bits per heavy atom. The average Bonchev–Trinajstić information content (AvgIpc) is 3.23. The molecule has 2 saturated carbocycles. The lowest BCUT2D eigenvalue weighted by molar-refractivity contribution is -0.121. The maximum atomic E-state index is 12.6. The smallest absolute Gasteiger partial charge is 0.262 e. The molecule has 25 heavy (non-hydrogen) atoms. The number of nitrogens with one attached hydrogen (secondary N) is 2. The molecule has 2 N–H and O–H groups in total. The number of para-hydroxylation sites is 1. The predicted octanol–water partition coefficient (Wildman–Crippen LogP) is 3.00. The van der Waals surface area contributed by atoms with Gasteiger partial charge in [0, 0.05) is 19.5 Å². The maximum Gasteiger partial charge on any atom is 0.262 e. The van der Waals surface area contributed by atoms with Crippen LogP contribution in [0.2, 0.25) is 0 Å². The van der Waals surface area contributed by atoms with E-state index in [4.69, 9.17) is 12.2 Å². The van der Waals surface area contributed by atoms with Gasteiger partial charge in [-0.05, 0) is 61.4 Å². The van der Waals surface area contributed by atoms with Crippen molar-refractivity contribution in [2.75, 3.05) is 6.54 Å². The van der Waals surface area contributed by atoms with Crippen LogP contribution in [0.15, 0.2) is 29.1 Å². The van der Waals surface area contributed by atoms with Gasteiger partial charge in [0.25, 0.3) is 5.56 Å². The Hall–Kier alpha value is -1.95. The van der Waals surface area contributed by atoms with Crippen LogP contribution in [0.3, 0.4) is 0 Å². The Morgan fingerprint density at radius 1 is 1.28 bits per heavy atom. The van der Waals surface area contributed by atoms with E-state index < -0.39 is 0 Å². The molecule has 4 rings (SSSR count). The molecular weight excluding hydrogens is 334 g/mol. The van der Waals surface area contributed by atoms with Gasteiger partial charge in [-0.1, -0.05) is 18.6 Å². The Morgan fingerprint density at radius 2 is 2.12 bits per heavy atom. The largest absolute Gasteiger partial charge is 0.356 e. The number of aromatic amines is 1. The highest BCUT2D eigenvalue weighted by Crippen LogP contribution is 2.47. The maximum absolute atomic E-state index is 12.6. The van der Waals surface area contributed by atoms with E-state index in [1.54, 1.807) is 6.07 Å². The molecule has 1 aromatic carbocycles. The van der Waals surface area contributed by atoms with Crippen molar-refractivity contribution < 1.29 is 4.79 Å². The van der Waals surface area contributed by atoms with Gasteiger partial charge in [0.05, 0.1) is 10.9 Å². The summed E-state index contributed by atoms with van der Waals surface area (Å²) in [5.74, 6) is 2.34. The van der Waals surface area contributed by atoms with Gasteiger partial charge < -0.3 is 10.3 Å². The van der Waals surface area contributed by atoms with Crippen LogP contribution in [0.5, 0.6) is 0 Å². The lowest BCUT2D eigenvalue weighted by Crippen LogP contribution is -2.33. The van der Waals surface area contributed by atoms with Crippen molar-refractivity contribution in [3.8, 4) is 0 Å². The molecule has 2 aromatic rings. The number of benzene rings is 1. The average molecular weight is 357 g/mol. The number of H-pyrrole nitrogens is 1. The fraction of sp³-hybridized carbons (Fsp3) is 0.526. The summed E-state index contributed by atoms with van der Waals surface area (Å²) < 4.78 is 1.85. The molecule has 2 bridgehead atoms. The third-order valence-corrected chi connectivity index (χ3v) is 6.22. The fourth-order valence-corrected chi connectivity index (χ4v) is 4.86. The number of aromatic nitrogens is 2. The minimum absolute atomic E-state index is 0.00256. The van der Waals surface area contributed by atoms with Crippen LogP contribution in [0.4, 0.5) is 0 Å². The van der Waals surface area contributed by atoms with E-state index in [1.165, 1.54) is 30.3 Å². The van der Waals surface area contributed by atoms with E-state index in [1.807, 2.05) is 18.2 Å². The zero-order valence-electron chi connectivity index (χ0n) is 14.2. The zero-order chi connectivity index (χ0) is 17.4. The number of carbonyl (C=O) groups excluding carboxylic acids is 1. The summed E-state index contributed by atoms with van der Waals surface area (Å²) in [6.07, 6.45) is 5.59. The van der Waals surface area contributed by atoms with Crippen LogP contribution >= 0.6 is 12.2 Å². The highest BCUT2D eigenvalue weighted by atomic mass is 32.1. The summed E-state index contributed by atoms with van der Waals surface area (Å²) in [4.78, 5) is 27.8. The monoisotopic (exact) mass is 357 g/mol. The summed E-state index contributed by atoms with van der Waals surface area (Å²) >= 11 is 5.28. The van der Waals surface area contributed by atoms with Gasteiger partial charge in [0.1, 0.15) is 0 Å². The second-order valence-electron chi connectivity index (χ2n) is 7.42. The predicted molar refractivity (Wildman–Crippen MR) is 100.0 cm³/mol. The summed E-state index contributed by atoms with van der Waals surface area (Å²) in [5.41, 5.74) is 0.592. The molecule has 3 atom stereocenters. The molecule has 0 spiro atoms. The Kier molecular flexibility index (Phi) is 4.46. The lowest BCUT2D eigenvalue weighted by Gasteiger charge is -2.21. The summed E-state index contributed by atoms with van der Waals surface area (Å²) in [6.45, 7) is 1.08. The first kappa shape index (κ1) is 16.5. The van der Waals surface area contributed by atoms with Gasteiger partial charge in [-0.15, -0.1) is 0 Å². The zero-order valence-corrected chi connectivity index (χ0v) is 15.0. The summed E-state index contributed by atoms with van der Waals surface area (Å²) in [6, 6.07) is 7.29. The van der Waals surface area contributed by atoms with Crippen LogP contribution in [0.1, 0.15) is 32.1 Å². The van der Waals surface area contributed by atoms with Gasteiger partial charge in [0.2, 0.25) is 5.91 Å². The van der Waals surface area contributed by atoms with Crippen molar-refractivity contribution in [1.82, 2.24) is 14.9 Å². The topological polar surface area (TPSA) is 66.9 Å². The number of nitrogens with zero attached hydrogens (tertiary/aromatic N) is 1. The molecule has 1 aromatic heterocycles. The molecule has 5 nitrogen and oxygen atoms in total. The summed E-state index contributed by atoms with van der Waals surface area (Å²) in [7, 11) is 0. The van der Waals surface area contributed by atoms with E-state index in [0.717, 1.165) is 23.9 Å². The molecule has 0 radical (unpaired) electrons. The molecule has 0 unspecified atom stereocenters. The molecule has 0 aliphatic heterocycles. The number of hydrogen-bond acceptors (Lipinski definition) is 3. The molecule has 6 heteroatoms. The number of carbonyl (C=O) groups is 1. The van der Waals surface area contributed by atoms with E-state index >= 15 is 0 Å². The fourth-order valence-electron chi connectivity index (χ4n) is 4.58. The SMILES string of the molecule is O=C(CCn1c(=S)[nH]c2ccccc2c1=O)NC[C@H]1C[C@H]2CC[C@H]1C2. The van der Waals surface area contributed by atoms with Crippen molar-refractivity contribution in [3.63, 3.8) is 0 Å². The second kappa shape index (κ2) is 6.75. The molecule has 1 heterocycles. The summed E-state index contributed by atoms with van der Waals surface area (Å²) in [5, 5.41) is 3.65. The first-order valence-electron chi connectivity index (χ1n) is 9.10. The van der Waals surface area contributed by atoms with Crippen LogP contribution in [-0.4, -0.2) is 22.0 Å². The molecule has 0 saturated heterocycles. The van der Waals surface area contributed by atoms with Crippen LogP contribution < -0.4 is 10.9 Å². The third-order valence-electron chi connectivity index (χ3n) is 5.90. The number of amides is 1. The van der Waals surface area contributed by atoms with Gasteiger partial charge in [-0.2, -0.15) is 0 Å². The van der Waals surface area contributed by atoms with Crippen molar-refractivity contribution >= 4 is 29.0 Å². The van der Waals surface area contributed by atoms with Gasteiger partial charge in [0.15, 0.2) is 4.77 Å². The van der Waals surface area contributed by atoms with E-state index in [9.17, 15) is 9.59 Å². The lowest BCUT2D eigenvalue weighted by atomic mass is 9.89. The van der Waals surface area contributed by atoms with E-state index in [2.05, 4.69) is 10.3 Å². The number of fused-ring (bicyclic) bond motifs is 3. The molecule has 132 valence electrons. The third kappa shape index (κ3) is 3.27. The Labute approximate surface area is 151 Å². The molecular formula is C19H23N3O2S. The number of hydrogen-bond donors (Lipinski definition) is 2. The van der Waals surface area contributed by atoms with Crippen molar-refractivity contribution in [1.29, 1.82) is 0 Å². The normalized spacial score (nSPS) is 24.7. The Balaban J connectivity index is 1.38. The second-order valence-corrected chi connectivity index (χ2v) is 7.81. The Bertz CT molecular complexity index is 917. The molecule has 2 aliphatic carbocycles. The van der Waals surface area contributed by atoms with Gasteiger partial charge in [-0.25, -0.2) is 0 Å².